The van der Waals surface area contributed by atoms with E-state index in [1.165, 1.54) is 6.08 Å². The van der Waals surface area contributed by atoms with E-state index in [0.29, 0.717) is 19.5 Å². The van der Waals surface area contributed by atoms with Crippen molar-refractivity contribution in [2.24, 2.45) is 4.99 Å². The molecule has 0 saturated heterocycles. The lowest BCUT2D eigenvalue weighted by Gasteiger charge is -2.12. The van der Waals surface area contributed by atoms with Gasteiger partial charge in [-0.15, -0.1) is 0 Å². The van der Waals surface area contributed by atoms with Crippen LogP contribution in [0.5, 0.6) is 0 Å². The van der Waals surface area contributed by atoms with Gasteiger partial charge in [0.25, 0.3) is 5.91 Å². The molecule has 3 aromatic rings. The average Bonchev–Trinajstić information content (AvgIpc) is 3.02. The fourth-order valence-corrected chi connectivity index (χ4v) is 3.75. The molecule has 1 aliphatic heterocycles. The Hall–Kier alpha value is -4.07. The van der Waals surface area contributed by atoms with E-state index in [9.17, 15) is 9.59 Å². The highest BCUT2D eigenvalue weighted by Crippen LogP contribution is 2.24. The summed E-state index contributed by atoms with van der Waals surface area (Å²) in [4.78, 5) is 28.8. The van der Waals surface area contributed by atoms with Crippen molar-refractivity contribution in [3.8, 4) is 0 Å². The molecule has 1 heterocycles. The Morgan fingerprint density at radius 3 is 2.50 bits per heavy atom. The van der Waals surface area contributed by atoms with Crippen molar-refractivity contribution in [2.45, 2.75) is 19.0 Å². The number of hydrogen-bond donors (Lipinski definition) is 4. The highest BCUT2D eigenvalue weighted by molar-refractivity contribution is 6.19. The summed E-state index contributed by atoms with van der Waals surface area (Å²) in [6, 6.07) is 24.9. The van der Waals surface area contributed by atoms with Crippen LogP contribution in [0.1, 0.15) is 28.7 Å². The summed E-state index contributed by atoms with van der Waals surface area (Å²) in [5, 5.41) is 14.9. The molecule has 3 aromatic carbocycles. The Labute approximate surface area is 198 Å². The number of fused-ring (bicyclic) bond motifs is 1. The number of hydrogen-bond acceptors (Lipinski definition) is 5. The summed E-state index contributed by atoms with van der Waals surface area (Å²) in [6.07, 6.45) is 3.44. The molecule has 0 bridgehead atoms. The van der Waals surface area contributed by atoms with Crippen LogP contribution < -0.4 is 16.1 Å². The Bertz CT molecular complexity index is 1200. The predicted molar refractivity (Wildman–Crippen MR) is 133 cm³/mol. The number of benzodiazepines with no additional fused rings is 1. The molecule has 0 spiro atoms. The first-order valence-electron chi connectivity index (χ1n) is 11.1. The van der Waals surface area contributed by atoms with Crippen LogP contribution in [-0.4, -0.2) is 35.3 Å². The summed E-state index contributed by atoms with van der Waals surface area (Å²) in [6.45, 7) is 1.27. The van der Waals surface area contributed by atoms with Crippen LogP contribution in [0.3, 0.4) is 0 Å². The highest BCUT2D eigenvalue weighted by atomic mass is 16.5. The van der Waals surface area contributed by atoms with Gasteiger partial charge in [0.05, 0.1) is 11.4 Å². The summed E-state index contributed by atoms with van der Waals surface area (Å²) in [7, 11) is 0. The third-order valence-electron chi connectivity index (χ3n) is 5.52. The van der Waals surface area contributed by atoms with Crippen molar-refractivity contribution < 1.29 is 14.8 Å². The van der Waals surface area contributed by atoms with Gasteiger partial charge in [-0.25, -0.2) is 5.48 Å². The molecule has 1 aliphatic rings. The molecule has 7 heteroatoms. The van der Waals surface area contributed by atoms with Crippen molar-refractivity contribution in [3.05, 3.63) is 107 Å². The molecule has 2 amide bonds. The molecular formula is C27H26N4O3. The van der Waals surface area contributed by atoms with E-state index in [1.807, 2.05) is 78.9 Å². The lowest BCUT2D eigenvalue weighted by molar-refractivity contribution is -0.124. The molecule has 4 rings (SSSR count). The second-order valence-electron chi connectivity index (χ2n) is 7.91. The van der Waals surface area contributed by atoms with E-state index in [2.05, 4.69) is 10.6 Å². The van der Waals surface area contributed by atoms with E-state index in [-0.39, 0.29) is 5.91 Å². The molecule has 0 aromatic heterocycles. The molecule has 7 nitrogen and oxygen atoms in total. The van der Waals surface area contributed by atoms with Crippen LogP contribution in [0.2, 0.25) is 0 Å². The van der Waals surface area contributed by atoms with Crippen LogP contribution >= 0.6 is 0 Å². The van der Waals surface area contributed by atoms with Crippen LogP contribution in [0.4, 0.5) is 5.69 Å². The van der Waals surface area contributed by atoms with Gasteiger partial charge in [-0.3, -0.25) is 19.8 Å². The molecular weight excluding hydrogens is 428 g/mol. The second-order valence-corrected chi connectivity index (χ2v) is 7.91. The van der Waals surface area contributed by atoms with Crippen molar-refractivity contribution in [2.75, 3.05) is 11.9 Å². The van der Waals surface area contributed by atoms with Crippen LogP contribution in [0.25, 0.3) is 6.08 Å². The topological polar surface area (TPSA) is 103 Å². The standard InChI is InChI=1S/C27H26N4O3/c32-25(31-34)15-14-19-10-12-20(13-11-19)18-28-17-16-24-27(33)30-23-9-5-4-8-22(23)26(29-24)21-6-2-1-3-7-21/h1-15,24,28,34H,16-18H2,(H,30,33)(H,31,32)/b15-14+/t24-/m0/s1. The zero-order chi connectivity index (χ0) is 23.8. The predicted octanol–water partition coefficient (Wildman–Crippen LogP) is 3.54. The maximum atomic E-state index is 12.9. The fraction of sp³-hybridized carbons (Fsp3) is 0.148. The SMILES string of the molecule is O=C(/C=C/c1ccc(CNCC[C@@H]2N=C(c3ccccc3)c3ccccc3NC2=O)cc1)NO. The minimum absolute atomic E-state index is 0.108. The second kappa shape index (κ2) is 11.2. The lowest BCUT2D eigenvalue weighted by Crippen LogP contribution is -2.29. The molecule has 172 valence electrons. The molecule has 0 fully saturated rings. The number of amides is 2. The Morgan fingerprint density at radius 2 is 1.74 bits per heavy atom. The van der Waals surface area contributed by atoms with Crippen molar-refractivity contribution in [1.82, 2.24) is 10.8 Å². The van der Waals surface area contributed by atoms with Gasteiger partial charge in [0.15, 0.2) is 0 Å². The minimum Gasteiger partial charge on any atom is -0.324 e. The smallest absolute Gasteiger partial charge is 0.267 e. The molecule has 34 heavy (non-hydrogen) atoms. The number of nitrogens with zero attached hydrogens (tertiary/aromatic N) is 1. The van der Waals surface area contributed by atoms with Gasteiger partial charge in [0.1, 0.15) is 6.04 Å². The van der Waals surface area contributed by atoms with E-state index in [0.717, 1.165) is 33.7 Å². The summed E-state index contributed by atoms with van der Waals surface area (Å²) >= 11 is 0. The first kappa shape index (κ1) is 23.1. The number of carbonyl (C=O) groups excluding carboxylic acids is 2. The number of aliphatic imine (C=N–C) groups is 1. The van der Waals surface area contributed by atoms with Crippen molar-refractivity contribution in [1.29, 1.82) is 0 Å². The lowest BCUT2D eigenvalue weighted by atomic mass is 10.0. The zero-order valence-corrected chi connectivity index (χ0v) is 18.6. The van der Waals surface area contributed by atoms with E-state index >= 15 is 0 Å². The largest absolute Gasteiger partial charge is 0.324 e. The van der Waals surface area contributed by atoms with Gasteiger partial charge < -0.3 is 10.6 Å². The van der Waals surface area contributed by atoms with Gasteiger partial charge in [-0.1, -0.05) is 72.8 Å². The maximum absolute atomic E-state index is 12.9. The third-order valence-corrected chi connectivity index (χ3v) is 5.52. The van der Waals surface area contributed by atoms with E-state index in [4.69, 9.17) is 10.2 Å². The van der Waals surface area contributed by atoms with E-state index < -0.39 is 11.9 Å². The number of carbonyl (C=O) groups is 2. The summed E-state index contributed by atoms with van der Waals surface area (Å²) in [5.74, 6) is -0.683. The Balaban J connectivity index is 1.39. The normalized spacial score (nSPS) is 15.3. The number of benzene rings is 3. The molecule has 0 unspecified atom stereocenters. The number of hydroxylamine groups is 1. The van der Waals surface area contributed by atoms with Crippen molar-refractivity contribution in [3.63, 3.8) is 0 Å². The first-order chi connectivity index (χ1) is 16.6. The molecule has 0 radical (unpaired) electrons. The maximum Gasteiger partial charge on any atom is 0.267 e. The average molecular weight is 455 g/mol. The minimum atomic E-state index is -0.575. The molecule has 0 saturated carbocycles. The first-order valence-corrected chi connectivity index (χ1v) is 11.1. The quantitative estimate of drug-likeness (QED) is 0.181. The van der Waals surface area contributed by atoms with Gasteiger partial charge in [-0.2, -0.15) is 0 Å². The number of rotatable bonds is 8. The van der Waals surface area contributed by atoms with Gasteiger partial charge in [0, 0.05) is 23.7 Å². The van der Waals surface area contributed by atoms with Gasteiger partial charge in [0.2, 0.25) is 5.91 Å². The van der Waals surface area contributed by atoms with Crippen LogP contribution in [-0.2, 0) is 16.1 Å². The van der Waals surface area contributed by atoms with Gasteiger partial charge in [-0.05, 0) is 36.2 Å². The highest BCUT2D eigenvalue weighted by Gasteiger charge is 2.25. The Morgan fingerprint density at radius 1 is 1.00 bits per heavy atom. The van der Waals surface area contributed by atoms with Crippen LogP contribution in [0.15, 0.2) is 89.9 Å². The molecule has 0 aliphatic carbocycles. The van der Waals surface area contributed by atoms with E-state index in [1.54, 1.807) is 11.6 Å². The fourth-order valence-electron chi connectivity index (χ4n) is 3.75. The summed E-state index contributed by atoms with van der Waals surface area (Å²) in [5.41, 5.74) is 6.98. The zero-order valence-electron chi connectivity index (χ0n) is 18.6. The van der Waals surface area contributed by atoms with Crippen molar-refractivity contribution >= 4 is 29.3 Å². The molecule has 1 atom stereocenters. The summed E-state index contributed by atoms with van der Waals surface area (Å²) < 4.78 is 0. The molecule has 4 N–H and O–H groups in total. The number of anilines is 1. The Kier molecular flexibility index (Phi) is 7.60. The number of para-hydroxylation sites is 1. The van der Waals surface area contributed by atoms with Crippen LogP contribution in [0, 0.1) is 0 Å². The van der Waals surface area contributed by atoms with Gasteiger partial charge >= 0.3 is 0 Å². The number of nitrogens with one attached hydrogen (secondary N) is 3. The third kappa shape index (κ3) is 5.83. The monoisotopic (exact) mass is 454 g/mol.